The van der Waals surface area contributed by atoms with Crippen LogP contribution in [-0.4, -0.2) is 23.4 Å². The van der Waals surface area contributed by atoms with E-state index in [-0.39, 0.29) is 22.0 Å². The standard InChI is InChI=1S/C14H14Br2N2O4S2/c1-2-17-23(19,20)12-6-4-11(5-7-12)18-24(21,22)14-9-10(15)3-8-13(14)16/h3-9,17-18H,2H2,1H3. The minimum absolute atomic E-state index is 0.0657. The van der Waals surface area contributed by atoms with Crippen molar-refractivity contribution in [3.63, 3.8) is 0 Å². The Kier molecular flexibility index (Phi) is 6.08. The predicted octanol–water partition coefficient (Wildman–Crippen LogP) is 3.31. The zero-order valence-electron chi connectivity index (χ0n) is 12.5. The van der Waals surface area contributed by atoms with E-state index in [1.165, 1.54) is 30.3 Å². The van der Waals surface area contributed by atoms with Crippen molar-refractivity contribution in [1.29, 1.82) is 0 Å². The molecule has 0 saturated carbocycles. The van der Waals surface area contributed by atoms with Crippen LogP contribution in [0, 0.1) is 0 Å². The summed E-state index contributed by atoms with van der Waals surface area (Å²) < 4.78 is 54.5. The molecule has 0 aliphatic carbocycles. The van der Waals surface area contributed by atoms with E-state index in [2.05, 4.69) is 41.3 Å². The van der Waals surface area contributed by atoms with E-state index in [1.807, 2.05) is 0 Å². The summed E-state index contributed by atoms with van der Waals surface area (Å²) in [4.78, 5) is 0.136. The van der Waals surface area contributed by atoms with Gasteiger partial charge >= 0.3 is 0 Å². The van der Waals surface area contributed by atoms with Gasteiger partial charge in [-0.25, -0.2) is 21.6 Å². The lowest BCUT2D eigenvalue weighted by molar-refractivity contribution is 0.584. The first-order valence-corrected chi connectivity index (χ1v) is 11.3. The zero-order valence-corrected chi connectivity index (χ0v) is 17.3. The Morgan fingerprint density at radius 3 is 2.12 bits per heavy atom. The van der Waals surface area contributed by atoms with Gasteiger partial charge in [-0.2, -0.15) is 0 Å². The number of benzene rings is 2. The van der Waals surface area contributed by atoms with Crippen LogP contribution < -0.4 is 9.44 Å². The smallest absolute Gasteiger partial charge is 0.263 e. The number of nitrogens with one attached hydrogen (secondary N) is 2. The first-order valence-electron chi connectivity index (χ1n) is 6.73. The summed E-state index contributed by atoms with van der Waals surface area (Å²) in [7, 11) is -7.39. The highest BCUT2D eigenvalue weighted by atomic mass is 79.9. The van der Waals surface area contributed by atoms with Gasteiger partial charge in [-0.3, -0.25) is 4.72 Å². The van der Waals surface area contributed by atoms with Crippen molar-refractivity contribution in [3.8, 4) is 0 Å². The maximum atomic E-state index is 12.5. The molecule has 0 bridgehead atoms. The van der Waals surface area contributed by atoms with Gasteiger partial charge in [0.15, 0.2) is 0 Å². The van der Waals surface area contributed by atoms with E-state index in [1.54, 1.807) is 19.1 Å². The second-order valence-corrected chi connectivity index (χ2v) is 9.89. The lowest BCUT2D eigenvalue weighted by Gasteiger charge is -2.11. The molecule has 0 spiro atoms. The van der Waals surface area contributed by atoms with Crippen LogP contribution in [0.4, 0.5) is 5.69 Å². The van der Waals surface area contributed by atoms with Crippen LogP contribution in [0.5, 0.6) is 0 Å². The van der Waals surface area contributed by atoms with Crippen LogP contribution in [0.25, 0.3) is 0 Å². The minimum Gasteiger partial charge on any atom is -0.280 e. The molecule has 2 aromatic rings. The molecule has 0 amide bonds. The molecule has 24 heavy (non-hydrogen) atoms. The molecule has 0 aliphatic rings. The maximum Gasteiger partial charge on any atom is 0.263 e. The lowest BCUT2D eigenvalue weighted by Crippen LogP contribution is -2.23. The fraction of sp³-hybridized carbons (Fsp3) is 0.143. The average Bonchev–Trinajstić information content (AvgIpc) is 2.49. The van der Waals surface area contributed by atoms with Gasteiger partial charge in [0.1, 0.15) is 4.90 Å². The molecular weight excluding hydrogens is 484 g/mol. The number of anilines is 1. The van der Waals surface area contributed by atoms with Crippen molar-refractivity contribution >= 4 is 57.6 Å². The van der Waals surface area contributed by atoms with E-state index < -0.39 is 20.0 Å². The van der Waals surface area contributed by atoms with Crippen molar-refractivity contribution in [2.75, 3.05) is 11.3 Å². The molecule has 0 aliphatic heterocycles. The fourth-order valence-corrected chi connectivity index (χ4v) is 5.47. The van der Waals surface area contributed by atoms with Gasteiger partial charge in [0.05, 0.1) is 4.90 Å². The van der Waals surface area contributed by atoms with Gasteiger partial charge in [0.2, 0.25) is 10.0 Å². The molecule has 6 nitrogen and oxygen atoms in total. The summed E-state index contributed by atoms with van der Waals surface area (Å²) >= 11 is 6.44. The Labute approximate surface area is 158 Å². The van der Waals surface area contributed by atoms with E-state index in [0.29, 0.717) is 8.95 Å². The molecule has 0 unspecified atom stereocenters. The topological polar surface area (TPSA) is 92.3 Å². The van der Waals surface area contributed by atoms with Crippen LogP contribution in [0.3, 0.4) is 0 Å². The van der Waals surface area contributed by atoms with E-state index in [9.17, 15) is 16.8 Å². The molecule has 0 fully saturated rings. The van der Waals surface area contributed by atoms with Gasteiger partial charge in [-0.1, -0.05) is 22.9 Å². The van der Waals surface area contributed by atoms with E-state index in [0.717, 1.165) is 0 Å². The third-order valence-electron chi connectivity index (χ3n) is 2.93. The molecule has 0 saturated heterocycles. The first kappa shape index (κ1) is 19.4. The second kappa shape index (κ2) is 7.52. The minimum atomic E-state index is -3.82. The van der Waals surface area contributed by atoms with Gasteiger partial charge in [0.25, 0.3) is 10.0 Å². The number of sulfonamides is 2. The van der Waals surface area contributed by atoms with Crippen LogP contribution in [0.15, 0.2) is 61.2 Å². The predicted molar refractivity (Wildman–Crippen MR) is 100.0 cm³/mol. The average molecular weight is 498 g/mol. The van der Waals surface area contributed by atoms with E-state index in [4.69, 9.17) is 0 Å². The molecule has 0 aromatic heterocycles. The van der Waals surface area contributed by atoms with Crippen LogP contribution in [0.1, 0.15) is 6.92 Å². The Bertz CT molecular complexity index is 943. The summed E-state index contributed by atoms with van der Waals surface area (Å²) in [5.74, 6) is 0. The zero-order chi connectivity index (χ0) is 18.0. The Hall–Kier alpha value is -0.940. The second-order valence-electron chi connectivity index (χ2n) is 4.71. The quantitative estimate of drug-likeness (QED) is 0.640. The third-order valence-corrected chi connectivity index (χ3v) is 7.36. The molecule has 10 heteroatoms. The largest absolute Gasteiger partial charge is 0.280 e. The molecular formula is C14H14Br2N2O4S2. The van der Waals surface area contributed by atoms with E-state index >= 15 is 0 Å². The van der Waals surface area contributed by atoms with Gasteiger partial charge in [-0.05, 0) is 58.4 Å². The normalized spacial score (nSPS) is 12.1. The third kappa shape index (κ3) is 4.57. The summed E-state index contributed by atoms with van der Waals surface area (Å²) in [5, 5.41) is 0. The Balaban J connectivity index is 2.29. The summed E-state index contributed by atoms with van der Waals surface area (Å²) in [6.45, 7) is 1.95. The molecule has 0 radical (unpaired) electrons. The van der Waals surface area contributed by atoms with Crippen LogP contribution in [0.2, 0.25) is 0 Å². The molecule has 0 atom stereocenters. The van der Waals surface area contributed by atoms with Crippen molar-refractivity contribution in [2.45, 2.75) is 16.7 Å². The molecule has 0 heterocycles. The number of hydrogen-bond donors (Lipinski definition) is 2. The SMILES string of the molecule is CCNS(=O)(=O)c1ccc(NS(=O)(=O)c2cc(Br)ccc2Br)cc1. The van der Waals surface area contributed by atoms with Crippen molar-refractivity contribution < 1.29 is 16.8 Å². The van der Waals surface area contributed by atoms with Gasteiger partial charge in [-0.15, -0.1) is 0 Å². The lowest BCUT2D eigenvalue weighted by atomic mass is 10.3. The number of rotatable bonds is 6. The number of halogens is 2. The maximum absolute atomic E-state index is 12.5. The van der Waals surface area contributed by atoms with Crippen molar-refractivity contribution in [3.05, 3.63) is 51.4 Å². The molecule has 2 aromatic carbocycles. The monoisotopic (exact) mass is 496 g/mol. The van der Waals surface area contributed by atoms with Crippen LogP contribution >= 0.6 is 31.9 Å². The van der Waals surface area contributed by atoms with Crippen molar-refractivity contribution in [1.82, 2.24) is 4.72 Å². The van der Waals surface area contributed by atoms with Crippen molar-refractivity contribution in [2.24, 2.45) is 0 Å². The summed E-state index contributed by atoms with van der Waals surface area (Å²) in [6, 6.07) is 10.3. The first-order chi connectivity index (χ1) is 11.2. The Morgan fingerprint density at radius 1 is 0.917 bits per heavy atom. The highest BCUT2D eigenvalue weighted by Gasteiger charge is 2.19. The molecule has 2 rings (SSSR count). The molecule has 130 valence electrons. The highest BCUT2D eigenvalue weighted by molar-refractivity contribution is 9.11. The summed E-state index contributed by atoms with van der Waals surface area (Å²) in [5.41, 5.74) is 0.261. The van der Waals surface area contributed by atoms with Gasteiger partial charge < -0.3 is 0 Å². The Morgan fingerprint density at radius 2 is 1.54 bits per heavy atom. The van der Waals surface area contributed by atoms with Gasteiger partial charge in [0, 0.05) is 21.2 Å². The number of hydrogen-bond acceptors (Lipinski definition) is 4. The highest BCUT2D eigenvalue weighted by Crippen LogP contribution is 2.27. The summed E-state index contributed by atoms with van der Waals surface area (Å²) in [6.07, 6.45) is 0. The van der Waals surface area contributed by atoms with Crippen LogP contribution in [-0.2, 0) is 20.0 Å². The fourth-order valence-electron chi connectivity index (χ4n) is 1.87. The molecule has 2 N–H and O–H groups in total.